The molecule has 0 bridgehead atoms. The van der Waals surface area contributed by atoms with Gasteiger partial charge in [0.1, 0.15) is 16.7 Å². The molecule has 2 aromatic rings. The van der Waals surface area contributed by atoms with Gasteiger partial charge in [-0.3, -0.25) is 9.11 Å². The van der Waals surface area contributed by atoms with E-state index < -0.39 is 35.8 Å². The highest BCUT2D eigenvalue weighted by molar-refractivity contribution is 7.86. The molecule has 0 amide bonds. The van der Waals surface area contributed by atoms with Gasteiger partial charge in [0.05, 0.1) is 21.8 Å². The smallest absolute Gasteiger partial charge is 0.264 e. The third-order valence-corrected chi connectivity index (χ3v) is 12.8. The maximum absolute atomic E-state index is 11.9. The molecule has 14 heteroatoms. The molecule has 2 N–H and O–H groups in total. The first-order chi connectivity index (χ1) is 24.1. The Labute approximate surface area is 308 Å². The molecule has 0 aromatic heterocycles. The van der Waals surface area contributed by atoms with Gasteiger partial charge in [0.2, 0.25) is 5.69 Å². The molecule has 2 aliphatic heterocycles. The van der Waals surface area contributed by atoms with Crippen LogP contribution in [0.15, 0.2) is 83.4 Å². The van der Waals surface area contributed by atoms with Gasteiger partial charge in [-0.25, -0.2) is 8.42 Å². The van der Waals surface area contributed by atoms with E-state index in [-0.39, 0.29) is 28.2 Å². The van der Waals surface area contributed by atoms with Gasteiger partial charge in [-0.2, -0.15) is 21.4 Å². The highest BCUT2D eigenvalue weighted by Crippen LogP contribution is 2.49. The molecule has 0 atom stereocenters. The lowest BCUT2D eigenvalue weighted by Gasteiger charge is -2.27. The molecule has 3 aliphatic rings. The standard InChI is InChI=1S/C38H48N2O9S3/c1-6-34-38(4,5)36-30(15-12-16-33(36)40(34)22-8-10-24-51(44,45)46)28-14-11-13-27(25-28)17-20-35-37(2,3)31-26-29(52(47,48)49)18-19-32(31)39(35)21-7-9-23-50(41,42)43/h6,12,15-20,25-26H,1,7-11,13-14,21-24H2,2-5H3,(H2-,41,42,43,44,45,46,47,48,49)/b27-17+,35-20+. The second-order valence-corrected chi connectivity index (χ2v) is 19.3. The molecule has 2 aromatic carbocycles. The molecule has 52 heavy (non-hydrogen) atoms. The fourth-order valence-corrected chi connectivity index (χ4v) is 9.57. The number of nitrogens with zero attached hydrogens (tertiary/aromatic N) is 2. The normalized spacial score (nSPS) is 20.0. The molecule has 0 fully saturated rings. The summed E-state index contributed by atoms with van der Waals surface area (Å²) in [4.78, 5) is 1.73. The van der Waals surface area contributed by atoms with Crippen LogP contribution in [0.5, 0.6) is 0 Å². The number of allylic oxidation sites excluding steroid dienone is 7. The lowest BCUT2D eigenvalue weighted by Crippen LogP contribution is -2.28. The van der Waals surface area contributed by atoms with Crippen LogP contribution in [0, 0.1) is 0 Å². The predicted octanol–water partition coefficient (Wildman–Crippen LogP) is 6.66. The zero-order valence-electron chi connectivity index (χ0n) is 30.1. The number of benzene rings is 2. The fourth-order valence-electron chi connectivity index (χ4n) is 7.93. The molecule has 5 rings (SSSR count). The predicted molar refractivity (Wildman–Crippen MR) is 204 cm³/mol. The van der Waals surface area contributed by atoms with Crippen LogP contribution in [0.2, 0.25) is 0 Å². The number of hydrogen-bond acceptors (Lipinski definition) is 8. The zero-order valence-corrected chi connectivity index (χ0v) is 32.6. The van der Waals surface area contributed by atoms with Crippen LogP contribution < -0.4 is 4.90 Å². The average Bonchev–Trinajstić information content (AvgIpc) is 3.40. The summed E-state index contributed by atoms with van der Waals surface area (Å²) in [5, 5.41) is 0. The van der Waals surface area contributed by atoms with Crippen molar-refractivity contribution in [2.45, 2.75) is 88.4 Å². The van der Waals surface area contributed by atoms with Gasteiger partial charge >= 0.3 is 0 Å². The summed E-state index contributed by atoms with van der Waals surface area (Å²) in [7, 11) is -12.8. The Morgan fingerprint density at radius 2 is 1.56 bits per heavy atom. The van der Waals surface area contributed by atoms with Crippen molar-refractivity contribution >= 4 is 53.0 Å². The minimum absolute atomic E-state index is 0.239. The topological polar surface area (TPSA) is 172 Å². The molecule has 282 valence electrons. The Balaban J connectivity index is 1.50. The van der Waals surface area contributed by atoms with Crippen molar-refractivity contribution in [2.75, 3.05) is 29.5 Å². The Hall–Kier alpha value is -3.40. The van der Waals surface area contributed by atoms with Crippen molar-refractivity contribution in [2.24, 2.45) is 0 Å². The van der Waals surface area contributed by atoms with Crippen molar-refractivity contribution in [1.29, 1.82) is 0 Å². The average molecular weight is 773 g/mol. The summed E-state index contributed by atoms with van der Waals surface area (Å²) in [6.07, 6.45) is 12.4. The highest BCUT2D eigenvalue weighted by Gasteiger charge is 2.46. The molecule has 0 spiro atoms. The quantitative estimate of drug-likeness (QED) is 0.120. The van der Waals surface area contributed by atoms with Crippen LogP contribution in [0.3, 0.4) is 0 Å². The van der Waals surface area contributed by atoms with Crippen molar-refractivity contribution < 1.29 is 43.5 Å². The summed E-state index contributed by atoms with van der Waals surface area (Å²) in [6, 6.07) is 10.6. The molecule has 0 unspecified atom stereocenters. The van der Waals surface area contributed by atoms with Crippen LogP contribution in [-0.2, 0) is 41.2 Å². The molecule has 0 saturated carbocycles. The molecular weight excluding hydrogens is 725 g/mol. The summed E-state index contributed by atoms with van der Waals surface area (Å²) >= 11 is 0. The van der Waals surface area contributed by atoms with Crippen LogP contribution in [-0.4, -0.2) is 73.8 Å². The van der Waals surface area contributed by atoms with Crippen molar-refractivity contribution in [3.05, 3.63) is 95.2 Å². The second-order valence-electron chi connectivity index (χ2n) is 14.8. The van der Waals surface area contributed by atoms with E-state index in [9.17, 15) is 38.9 Å². The lowest BCUT2D eigenvalue weighted by molar-refractivity contribution is -0.438. The summed E-state index contributed by atoms with van der Waals surface area (Å²) < 4.78 is 102. The first kappa shape index (κ1) is 39.8. The van der Waals surface area contributed by atoms with Gasteiger partial charge in [0.25, 0.3) is 20.2 Å². The Bertz CT molecular complexity index is 2230. The number of unbranched alkanes of at least 4 members (excludes halogenated alkanes) is 2. The third-order valence-electron chi connectivity index (χ3n) is 10.4. The van der Waals surface area contributed by atoms with Crippen molar-refractivity contribution in [3.8, 4) is 0 Å². The van der Waals surface area contributed by atoms with Crippen LogP contribution in [0.25, 0.3) is 5.57 Å². The van der Waals surface area contributed by atoms with E-state index in [1.165, 1.54) is 23.3 Å². The summed E-state index contributed by atoms with van der Waals surface area (Å²) in [6.45, 7) is 13.4. The first-order valence-electron chi connectivity index (χ1n) is 17.5. The fraction of sp³-hybridized carbons (Fsp3) is 0.447. The van der Waals surface area contributed by atoms with Crippen LogP contribution in [0.4, 0.5) is 11.4 Å². The van der Waals surface area contributed by atoms with Crippen molar-refractivity contribution in [1.82, 2.24) is 0 Å². The second kappa shape index (κ2) is 14.8. The van der Waals surface area contributed by atoms with E-state index in [0.29, 0.717) is 37.9 Å². The number of hydrogen-bond donors (Lipinski definition) is 2. The number of anilines is 1. The van der Waals surface area contributed by atoms with E-state index in [4.69, 9.17) is 0 Å². The maximum Gasteiger partial charge on any atom is 0.264 e. The first-order valence-corrected chi connectivity index (χ1v) is 22.1. The summed E-state index contributed by atoms with van der Waals surface area (Å²) in [5.74, 6) is -0.643. The van der Waals surface area contributed by atoms with Gasteiger partial charge in [0, 0.05) is 41.4 Å². The minimum Gasteiger partial charge on any atom is -0.744 e. The maximum atomic E-state index is 11.9. The zero-order chi connectivity index (χ0) is 38.3. The molecule has 0 radical (unpaired) electrons. The van der Waals surface area contributed by atoms with Gasteiger partial charge < -0.3 is 9.45 Å². The highest BCUT2D eigenvalue weighted by atomic mass is 32.2. The lowest BCUT2D eigenvalue weighted by atomic mass is 9.76. The van der Waals surface area contributed by atoms with E-state index in [1.54, 1.807) is 6.07 Å². The Morgan fingerprint density at radius 1 is 0.885 bits per heavy atom. The van der Waals surface area contributed by atoms with Crippen molar-refractivity contribution in [3.63, 3.8) is 0 Å². The van der Waals surface area contributed by atoms with Crippen LogP contribution >= 0.6 is 0 Å². The van der Waals surface area contributed by atoms with Gasteiger partial charge in [-0.1, -0.05) is 44.7 Å². The monoisotopic (exact) mass is 772 g/mol. The number of fused-ring (bicyclic) bond motifs is 2. The molecule has 1 aliphatic carbocycles. The van der Waals surface area contributed by atoms with E-state index >= 15 is 0 Å². The molecule has 11 nitrogen and oxygen atoms in total. The van der Waals surface area contributed by atoms with E-state index in [1.807, 2.05) is 37.0 Å². The van der Waals surface area contributed by atoms with E-state index in [2.05, 4.69) is 49.3 Å². The van der Waals surface area contributed by atoms with Gasteiger partial charge in [-0.15, -0.1) is 0 Å². The third kappa shape index (κ3) is 8.53. The molecular formula is C38H48N2O9S3. The summed E-state index contributed by atoms with van der Waals surface area (Å²) in [5.41, 5.74) is 7.96. The SMILES string of the molecule is C=CC1=[N+](CCCCS(=O)(=O)O)c2cccc(C3=C/C(=C/C=C4/N(CCCCS(=O)(=O)O)c5ccc(S(=O)(=O)[O-])cc5C4(C)C)CCC3)c2C1(C)C. The van der Waals surface area contributed by atoms with Gasteiger partial charge in [-0.05, 0) is 105 Å². The van der Waals surface area contributed by atoms with Crippen LogP contribution in [0.1, 0.15) is 89.3 Å². The molecule has 2 heterocycles. The molecule has 0 saturated heterocycles. The van der Waals surface area contributed by atoms with E-state index in [0.717, 1.165) is 53.2 Å². The largest absolute Gasteiger partial charge is 0.744 e. The van der Waals surface area contributed by atoms with Gasteiger partial charge in [0.15, 0.2) is 5.71 Å². The number of rotatable bonds is 14. The minimum atomic E-state index is -4.68. The Kier molecular flexibility index (Phi) is 11.3. The Morgan fingerprint density at radius 3 is 2.19 bits per heavy atom.